The van der Waals surface area contributed by atoms with Gasteiger partial charge in [0.25, 0.3) is 9.07 Å². The van der Waals surface area contributed by atoms with Gasteiger partial charge >= 0.3 is 0 Å². The minimum Gasteiger partial charge on any atom is -0.405 e. The van der Waals surface area contributed by atoms with E-state index >= 15 is 0 Å². The van der Waals surface area contributed by atoms with Crippen molar-refractivity contribution >= 4 is 20.2 Å². The Hall–Kier alpha value is 0.467. The van der Waals surface area contributed by atoms with Gasteiger partial charge in [0.1, 0.15) is 0 Å². The molecule has 1 saturated carbocycles. The van der Waals surface area contributed by atoms with Crippen LogP contribution in [-0.4, -0.2) is 15.2 Å². The molecule has 0 unspecified atom stereocenters. The molecule has 0 aromatic rings. The lowest BCUT2D eigenvalue weighted by Crippen LogP contribution is -2.14. The molecule has 0 aliphatic heterocycles. The minimum absolute atomic E-state index is 0.513. The van der Waals surface area contributed by atoms with E-state index < -0.39 is 9.07 Å². The van der Waals surface area contributed by atoms with Crippen LogP contribution in [0.15, 0.2) is 0 Å². The molecule has 0 atom stereocenters. The molecule has 1 rings (SSSR count). The molecule has 0 saturated heterocycles. The molecule has 0 aromatic carbocycles. The summed E-state index contributed by atoms with van der Waals surface area (Å²) >= 11 is 5.65. The van der Waals surface area contributed by atoms with Gasteiger partial charge in [0.05, 0.1) is 0 Å². The van der Waals surface area contributed by atoms with Gasteiger partial charge in [-0.15, -0.1) is 11.1 Å². The summed E-state index contributed by atoms with van der Waals surface area (Å²) in [4.78, 5) is 0. The summed E-state index contributed by atoms with van der Waals surface area (Å²) < 4.78 is 5.52. The van der Waals surface area contributed by atoms with E-state index in [1.54, 1.807) is 0 Å². The topological polar surface area (TPSA) is 9.23 Å². The third kappa shape index (κ3) is 4.14. The van der Waals surface area contributed by atoms with E-state index in [1.165, 1.54) is 44.9 Å². The predicted octanol–water partition coefficient (Wildman–Crippen LogP) is 2.35. The molecule has 0 bridgehead atoms. The van der Waals surface area contributed by atoms with Crippen molar-refractivity contribution in [3.8, 4) is 0 Å². The highest BCUT2D eigenvalue weighted by molar-refractivity contribution is 6.89. The molecule has 1 aliphatic rings. The van der Waals surface area contributed by atoms with Crippen LogP contribution >= 0.6 is 11.1 Å². The van der Waals surface area contributed by atoms with Gasteiger partial charge in [0.15, 0.2) is 0 Å². The fourth-order valence-electron chi connectivity index (χ4n) is 1.67. The molecule has 3 heteroatoms. The van der Waals surface area contributed by atoms with Crippen molar-refractivity contribution < 1.29 is 4.43 Å². The van der Waals surface area contributed by atoms with E-state index in [1.807, 2.05) is 0 Å². The average Bonchev–Trinajstić information content (AvgIpc) is 1.94. The highest BCUT2D eigenvalue weighted by Gasteiger charge is 2.09. The van der Waals surface area contributed by atoms with E-state index in [4.69, 9.17) is 15.5 Å². The lowest BCUT2D eigenvalue weighted by molar-refractivity contribution is 0.179. The molecule has 1 aliphatic carbocycles. The standard InChI is InChI=1S/C8H17ClOSi/c9-11-10-8-6-4-2-1-3-5-7-8/h8H,1-7,11H2. The molecule has 66 valence electrons. The first-order valence-corrected chi connectivity index (χ1v) is 7.32. The summed E-state index contributed by atoms with van der Waals surface area (Å²) in [5.74, 6) is 0. The Morgan fingerprint density at radius 2 is 1.55 bits per heavy atom. The smallest absolute Gasteiger partial charge is 0.258 e. The van der Waals surface area contributed by atoms with E-state index in [2.05, 4.69) is 0 Å². The third-order valence-electron chi connectivity index (χ3n) is 2.35. The van der Waals surface area contributed by atoms with Crippen molar-refractivity contribution in [2.24, 2.45) is 0 Å². The number of rotatable bonds is 2. The number of halogens is 1. The molecule has 1 nitrogen and oxygen atoms in total. The van der Waals surface area contributed by atoms with Gasteiger partial charge in [0.2, 0.25) is 0 Å². The maximum absolute atomic E-state index is 5.65. The summed E-state index contributed by atoms with van der Waals surface area (Å²) in [6.07, 6.45) is 9.91. The van der Waals surface area contributed by atoms with Gasteiger partial charge in [0, 0.05) is 6.10 Å². The molecule has 0 aromatic heterocycles. The van der Waals surface area contributed by atoms with E-state index in [9.17, 15) is 0 Å². The first-order chi connectivity index (χ1) is 5.43. The van der Waals surface area contributed by atoms with Crippen LogP contribution in [0.2, 0.25) is 0 Å². The summed E-state index contributed by atoms with van der Waals surface area (Å²) in [6, 6.07) is 0. The van der Waals surface area contributed by atoms with E-state index in [-0.39, 0.29) is 0 Å². The second-order valence-electron chi connectivity index (χ2n) is 3.24. The van der Waals surface area contributed by atoms with Crippen molar-refractivity contribution in [3.63, 3.8) is 0 Å². The third-order valence-corrected chi connectivity index (χ3v) is 3.33. The zero-order valence-electron chi connectivity index (χ0n) is 7.02. The van der Waals surface area contributed by atoms with Gasteiger partial charge in [-0.1, -0.05) is 32.1 Å². The van der Waals surface area contributed by atoms with Gasteiger partial charge in [-0.25, -0.2) is 0 Å². The summed E-state index contributed by atoms with van der Waals surface area (Å²) in [6.45, 7) is 0. The molecule has 0 amide bonds. The molecule has 0 N–H and O–H groups in total. The Kier molecular flexibility index (Phi) is 5.24. The highest BCUT2D eigenvalue weighted by atomic mass is 35.6. The molecule has 11 heavy (non-hydrogen) atoms. The molecular formula is C8H17ClOSi. The monoisotopic (exact) mass is 192 g/mol. The number of hydrogen-bond donors (Lipinski definition) is 0. The van der Waals surface area contributed by atoms with Gasteiger partial charge in [-0.05, 0) is 12.8 Å². The Labute approximate surface area is 76.1 Å². The fourth-order valence-corrected chi connectivity index (χ4v) is 2.72. The van der Waals surface area contributed by atoms with E-state index in [0.29, 0.717) is 6.10 Å². The van der Waals surface area contributed by atoms with Crippen LogP contribution < -0.4 is 0 Å². The lowest BCUT2D eigenvalue weighted by Gasteiger charge is -2.18. The van der Waals surface area contributed by atoms with Crippen molar-refractivity contribution in [1.29, 1.82) is 0 Å². The maximum atomic E-state index is 5.65. The first-order valence-electron chi connectivity index (χ1n) is 4.61. The Morgan fingerprint density at radius 1 is 1.00 bits per heavy atom. The second-order valence-corrected chi connectivity index (χ2v) is 4.45. The zero-order valence-corrected chi connectivity index (χ0v) is 9.19. The summed E-state index contributed by atoms with van der Waals surface area (Å²) in [7, 11) is -0.685. The Balaban J connectivity index is 2.15. The minimum atomic E-state index is -0.685. The molecule has 0 heterocycles. The van der Waals surface area contributed by atoms with Crippen LogP contribution in [-0.2, 0) is 4.43 Å². The van der Waals surface area contributed by atoms with Crippen LogP contribution in [0, 0.1) is 0 Å². The Morgan fingerprint density at radius 3 is 2.09 bits per heavy atom. The zero-order chi connectivity index (χ0) is 7.94. The molecular weight excluding hydrogens is 176 g/mol. The van der Waals surface area contributed by atoms with E-state index in [0.717, 1.165) is 0 Å². The Bertz CT molecular complexity index is 92.1. The lowest BCUT2D eigenvalue weighted by atomic mass is 9.99. The van der Waals surface area contributed by atoms with Crippen molar-refractivity contribution in [2.75, 3.05) is 0 Å². The first kappa shape index (κ1) is 9.55. The van der Waals surface area contributed by atoms with Gasteiger partial charge in [-0.2, -0.15) is 0 Å². The van der Waals surface area contributed by atoms with Crippen molar-refractivity contribution in [3.05, 3.63) is 0 Å². The largest absolute Gasteiger partial charge is 0.405 e. The van der Waals surface area contributed by atoms with Gasteiger partial charge in [-0.3, -0.25) is 0 Å². The average molecular weight is 193 g/mol. The van der Waals surface area contributed by atoms with Crippen LogP contribution in [0.25, 0.3) is 0 Å². The molecule has 0 radical (unpaired) electrons. The van der Waals surface area contributed by atoms with Crippen LogP contribution in [0.5, 0.6) is 0 Å². The maximum Gasteiger partial charge on any atom is 0.258 e. The second kappa shape index (κ2) is 6.04. The highest BCUT2D eigenvalue weighted by Crippen LogP contribution is 2.19. The number of hydrogen-bond acceptors (Lipinski definition) is 1. The predicted molar refractivity (Wildman–Crippen MR) is 51.6 cm³/mol. The van der Waals surface area contributed by atoms with Crippen molar-refractivity contribution in [2.45, 2.75) is 51.0 Å². The van der Waals surface area contributed by atoms with Crippen LogP contribution in [0.3, 0.4) is 0 Å². The van der Waals surface area contributed by atoms with Crippen molar-refractivity contribution in [1.82, 2.24) is 0 Å². The SMILES string of the molecule is Cl[SiH2]OC1CCCCCCC1. The summed E-state index contributed by atoms with van der Waals surface area (Å²) in [5, 5.41) is 0. The molecule has 1 fully saturated rings. The fraction of sp³-hybridized carbons (Fsp3) is 1.00. The molecule has 0 spiro atoms. The normalized spacial score (nSPS) is 23.7. The van der Waals surface area contributed by atoms with Gasteiger partial charge < -0.3 is 4.43 Å². The van der Waals surface area contributed by atoms with Crippen LogP contribution in [0.1, 0.15) is 44.9 Å². The summed E-state index contributed by atoms with van der Waals surface area (Å²) in [5.41, 5.74) is 0. The quantitative estimate of drug-likeness (QED) is 0.482. The van der Waals surface area contributed by atoms with Crippen LogP contribution in [0.4, 0.5) is 0 Å².